The topological polar surface area (TPSA) is 4.93 Å². The number of fused-ring (bicyclic) bond motifs is 3. The van der Waals surface area contributed by atoms with Crippen molar-refractivity contribution < 1.29 is 0 Å². The molecule has 1 heterocycles. The zero-order valence-corrected chi connectivity index (χ0v) is 11.6. The van der Waals surface area contributed by atoms with Crippen LogP contribution in [0.15, 0.2) is 66.3 Å². The van der Waals surface area contributed by atoms with Gasteiger partial charge in [0.15, 0.2) is 0 Å². The van der Waals surface area contributed by atoms with E-state index in [4.69, 9.17) is 0 Å². The Labute approximate surface area is 118 Å². The summed E-state index contributed by atoms with van der Waals surface area (Å²) in [7, 11) is 0. The van der Waals surface area contributed by atoms with Gasteiger partial charge < -0.3 is 4.57 Å². The van der Waals surface area contributed by atoms with Crippen LogP contribution in [-0.4, -0.2) is 4.57 Å². The first kappa shape index (κ1) is 11.5. The molecule has 2 aromatic carbocycles. The fourth-order valence-electron chi connectivity index (χ4n) is 3.19. The first-order valence-electron chi connectivity index (χ1n) is 7.20. The lowest BCUT2D eigenvalue weighted by Crippen LogP contribution is -1.98. The number of benzene rings is 2. The Hall–Kier alpha value is -2.28. The van der Waals surface area contributed by atoms with E-state index < -0.39 is 0 Å². The van der Waals surface area contributed by atoms with Gasteiger partial charge in [-0.15, -0.1) is 0 Å². The Morgan fingerprint density at radius 3 is 2.05 bits per heavy atom. The molecule has 4 rings (SSSR count). The van der Waals surface area contributed by atoms with Crippen LogP contribution in [0.1, 0.15) is 19.8 Å². The Balaban J connectivity index is 2.13. The molecule has 1 heteroatoms. The molecule has 0 aliphatic heterocycles. The number of hydrogen-bond donors (Lipinski definition) is 0. The monoisotopic (exact) mass is 259 g/mol. The molecule has 1 nitrogen and oxygen atoms in total. The molecule has 0 spiro atoms. The van der Waals surface area contributed by atoms with Crippen LogP contribution < -0.4 is 0 Å². The summed E-state index contributed by atoms with van der Waals surface area (Å²) < 4.78 is 2.40. The highest BCUT2D eigenvalue weighted by Crippen LogP contribution is 2.33. The van der Waals surface area contributed by atoms with E-state index in [0.29, 0.717) is 0 Å². The molecule has 0 saturated carbocycles. The minimum absolute atomic E-state index is 1.14. The summed E-state index contributed by atoms with van der Waals surface area (Å²) in [4.78, 5) is 0. The van der Waals surface area contributed by atoms with Crippen LogP contribution in [-0.2, 0) is 0 Å². The predicted molar refractivity (Wildman–Crippen MR) is 86.7 cm³/mol. The van der Waals surface area contributed by atoms with E-state index in [1.165, 1.54) is 39.5 Å². The van der Waals surface area contributed by atoms with Crippen LogP contribution in [0.2, 0.25) is 0 Å². The molecule has 1 aromatic heterocycles. The van der Waals surface area contributed by atoms with Gasteiger partial charge in [-0.2, -0.15) is 0 Å². The normalized spacial score (nSPS) is 15.4. The fraction of sp³-hybridized carbons (Fsp3) is 0.158. The Kier molecular flexibility index (Phi) is 2.53. The largest absolute Gasteiger partial charge is 0.310 e. The van der Waals surface area contributed by atoms with Crippen LogP contribution in [0.3, 0.4) is 0 Å². The average Bonchev–Trinajstić information content (AvgIpc) is 2.82. The quantitative estimate of drug-likeness (QED) is 0.553. The van der Waals surface area contributed by atoms with Crippen LogP contribution >= 0.6 is 0 Å². The number of rotatable bonds is 1. The average molecular weight is 259 g/mol. The number of nitrogens with zero attached hydrogens (tertiary/aromatic N) is 1. The molecule has 0 bridgehead atoms. The maximum absolute atomic E-state index is 2.40. The minimum atomic E-state index is 1.14. The third-order valence-electron chi connectivity index (χ3n) is 4.12. The van der Waals surface area contributed by atoms with Crippen LogP contribution in [0, 0.1) is 0 Å². The summed E-state index contributed by atoms with van der Waals surface area (Å²) in [6, 6.07) is 17.4. The van der Waals surface area contributed by atoms with Crippen LogP contribution in [0.25, 0.3) is 27.5 Å². The Bertz CT molecular complexity index is 808. The first-order valence-corrected chi connectivity index (χ1v) is 7.20. The van der Waals surface area contributed by atoms with Crippen molar-refractivity contribution in [2.45, 2.75) is 19.8 Å². The highest BCUT2D eigenvalue weighted by atomic mass is 15.0. The van der Waals surface area contributed by atoms with E-state index in [9.17, 15) is 0 Å². The van der Waals surface area contributed by atoms with Gasteiger partial charge in [-0.1, -0.05) is 48.0 Å². The standard InChI is InChI=1S/C19H17N/c1-14-7-6-8-15(13-14)20-18-11-4-2-9-16(18)17-10-3-5-12-19(17)20/h2-5,8-13H,6-7H2,1H3. The van der Waals surface area contributed by atoms with Gasteiger partial charge >= 0.3 is 0 Å². The summed E-state index contributed by atoms with van der Waals surface area (Å²) >= 11 is 0. The molecule has 0 amide bonds. The van der Waals surface area contributed by atoms with Crippen molar-refractivity contribution in [3.63, 3.8) is 0 Å². The molecule has 0 fully saturated rings. The molecule has 0 unspecified atom stereocenters. The van der Waals surface area contributed by atoms with Crippen molar-refractivity contribution in [2.75, 3.05) is 0 Å². The summed E-state index contributed by atoms with van der Waals surface area (Å²) in [6.45, 7) is 2.22. The van der Waals surface area contributed by atoms with Gasteiger partial charge in [0.05, 0.1) is 11.0 Å². The van der Waals surface area contributed by atoms with E-state index in [1.54, 1.807) is 0 Å². The second kappa shape index (κ2) is 4.38. The first-order chi connectivity index (χ1) is 9.84. The number of hydrogen-bond acceptors (Lipinski definition) is 0. The zero-order valence-electron chi connectivity index (χ0n) is 11.6. The molecule has 0 N–H and O–H groups in total. The summed E-state index contributed by atoms with van der Waals surface area (Å²) in [6.07, 6.45) is 6.99. The SMILES string of the molecule is CC1=CC(n2c3ccccc3c3ccccc32)=CCC1. The summed E-state index contributed by atoms with van der Waals surface area (Å²) in [5.41, 5.74) is 5.37. The Morgan fingerprint density at radius 2 is 1.45 bits per heavy atom. The number of aromatic nitrogens is 1. The fourth-order valence-corrected chi connectivity index (χ4v) is 3.19. The van der Waals surface area contributed by atoms with Gasteiger partial charge in [-0.3, -0.25) is 0 Å². The highest BCUT2D eigenvalue weighted by Gasteiger charge is 2.13. The van der Waals surface area contributed by atoms with Gasteiger partial charge in [0, 0.05) is 16.5 Å². The molecule has 1 aliphatic rings. The van der Waals surface area contributed by atoms with Crippen molar-refractivity contribution in [1.82, 2.24) is 4.57 Å². The van der Waals surface area contributed by atoms with Crippen LogP contribution in [0.5, 0.6) is 0 Å². The smallest absolute Gasteiger partial charge is 0.0540 e. The molecule has 20 heavy (non-hydrogen) atoms. The number of allylic oxidation sites excluding steroid dienone is 4. The molecule has 0 atom stereocenters. The van der Waals surface area contributed by atoms with Crippen molar-refractivity contribution in [3.05, 3.63) is 66.3 Å². The van der Waals surface area contributed by atoms with Crippen molar-refractivity contribution >= 4 is 27.5 Å². The second-order valence-electron chi connectivity index (χ2n) is 5.53. The lowest BCUT2D eigenvalue weighted by molar-refractivity contribution is 0.951. The third-order valence-corrected chi connectivity index (χ3v) is 4.12. The molecule has 0 saturated heterocycles. The summed E-state index contributed by atoms with van der Waals surface area (Å²) in [5.74, 6) is 0. The molecule has 3 aromatic rings. The van der Waals surface area contributed by atoms with Gasteiger partial charge in [-0.05, 0) is 38.0 Å². The van der Waals surface area contributed by atoms with E-state index in [1.807, 2.05) is 0 Å². The second-order valence-corrected chi connectivity index (χ2v) is 5.53. The van der Waals surface area contributed by atoms with Gasteiger partial charge in [0.25, 0.3) is 0 Å². The maximum Gasteiger partial charge on any atom is 0.0540 e. The number of para-hydroxylation sites is 2. The van der Waals surface area contributed by atoms with E-state index in [2.05, 4.69) is 72.2 Å². The lowest BCUT2D eigenvalue weighted by atomic mass is 10.0. The van der Waals surface area contributed by atoms with Crippen molar-refractivity contribution in [2.24, 2.45) is 0 Å². The van der Waals surface area contributed by atoms with Gasteiger partial charge in [-0.25, -0.2) is 0 Å². The predicted octanol–water partition coefficient (Wildman–Crippen LogP) is 5.38. The van der Waals surface area contributed by atoms with Gasteiger partial charge in [0.2, 0.25) is 0 Å². The molecule has 98 valence electrons. The Morgan fingerprint density at radius 1 is 0.850 bits per heavy atom. The lowest BCUT2D eigenvalue weighted by Gasteiger charge is -2.14. The van der Waals surface area contributed by atoms with E-state index in [-0.39, 0.29) is 0 Å². The van der Waals surface area contributed by atoms with Gasteiger partial charge in [0.1, 0.15) is 0 Å². The molecule has 0 radical (unpaired) electrons. The molecular weight excluding hydrogens is 242 g/mol. The third kappa shape index (κ3) is 1.63. The zero-order chi connectivity index (χ0) is 13.5. The van der Waals surface area contributed by atoms with E-state index >= 15 is 0 Å². The van der Waals surface area contributed by atoms with E-state index in [0.717, 1.165) is 6.42 Å². The minimum Gasteiger partial charge on any atom is -0.310 e. The molecule has 1 aliphatic carbocycles. The highest BCUT2D eigenvalue weighted by molar-refractivity contribution is 6.10. The van der Waals surface area contributed by atoms with Crippen molar-refractivity contribution in [1.29, 1.82) is 0 Å². The van der Waals surface area contributed by atoms with Crippen LogP contribution in [0.4, 0.5) is 0 Å². The summed E-state index contributed by atoms with van der Waals surface area (Å²) in [5, 5.41) is 2.67. The molecular formula is C19H17N. The van der Waals surface area contributed by atoms with Crippen molar-refractivity contribution in [3.8, 4) is 0 Å². The maximum atomic E-state index is 2.40.